The molecule has 0 aliphatic carbocycles. The van der Waals surface area contributed by atoms with Gasteiger partial charge in [0.2, 0.25) is 0 Å². The van der Waals surface area contributed by atoms with Gasteiger partial charge in [0.05, 0.1) is 7.11 Å². The number of phenolic OH excluding ortho intramolecular Hbond substituents is 1. The molecule has 0 amide bonds. The Kier molecular flexibility index (Phi) is 3.86. The number of hydrogen-bond acceptors (Lipinski definition) is 4. The van der Waals surface area contributed by atoms with Gasteiger partial charge in [0.1, 0.15) is 11.5 Å². The Morgan fingerprint density at radius 3 is 3.00 bits per heavy atom. The van der Waals surface area contributed by atoms with Crippen LogP contribution in [0.2, 0.25) is 0 Å². The normalized spacial score (nSPS) is 20.7. The smallest absolute Gasteiger partial charge is 0.120 e. The number of nitrogens with one attached hydrogen (secondary N) is 1. The van der Waals surface area contributed by atoms with Gasteiger partial charge in [-0.05, 0) is 31.7 Å². The zero-order chi connectivity index (χ0) is 12.3. The third-order valence-corrected chi connectivity index (χ3v) is 3.36. The summed E-state index contributed by atoms with van der Waals surface area (Å²) >= 11 is 0. The van der Waals surface area contributed by atoms with Crippen LogP contribution in [0.25, 0.3) is 0 Å². The standard InChI is InChI=1S/C13H20N2O2/c1-14-11-5-6-15(9-11)8-10-7-12(17-2)3-4-13(10)16/h3-4,7,11,14,16H,5-6,8-9H2,1-2H3. The molecule has 1 heterocycles. The molecule has 1 aromatic rings. The number of hydrogen-bond donors (Lipinski definition) is 2. The Morgan fingerprint density at radius 1 is 1.53 bits per heavy atom. The number of likely N-dealkylation sites (tertiary alicyclic amines) is 1. The highest BCUT2D eigenvalue weighted by Gasteiger charge is 2.21. The van der Waals surface area contributed by atoms with Crippen molar-refractivity contribution < 1.29 is 9.84 Å². The van der Waals surface area contributed by atoms with E-state index in [9.17, 15) is 5.11 Å². The summed E-state index contributed by atoms with van der Waals surface area (Å²) in [5, 5.41) is 13.1. The minimum absolute atomic E-state index is 0.346. The summed E-state index contributed by atoms with van der Waals surface area (Å²) in [6.07, 6.45) is 1.17. The number of rotatable bonds is 4. The van der Waals surface area contributed by atoms with Crippen molar-refractivity contribution in [1.82, 2.24) is 10.2 Å². The monoisotopic (exact) mass is 236 g/mol. The molecule has 1 aliphatic rings. The molecular formula is C13H20N2O2. The molecule has 1 aliphatic heterocycles. The lowest BCUT2D eigenvalue weighted by Gasteiger charge is -2.17. The maximum atomic E-state index is 9.82. The lowest BCUT2D eigenvalue weighted by Crippen LogP contribution is -2.29. The van der Waals surface area contributed by atoms with Crippen LogP contribution < -0.4 is 10.1 Å². The van der Waals surface area contributed by atoms with Crippen molar-refractivity contribution in [3.05, 3.63) is 23.8 Å². The third-order valence-electron chi connectivity index (χ3n) is 3.36. The van der Waals surface area contributed by atoms with E-state index < -0.39 is 0 Å². The van der Waals surface area contributed by atoms with Crippen LogP contribution in [0.15, 0.2) is 18.2 Å². The molecule has 0 radical (unpaired) electrons. The van der Waals surface area contributed by atoms with Crippen LogP contribution in [0, 0.1) is 0 Å². The first-order chi connectivity index (χ1) is 8.22. The van der Waals surface area contributed by atoms with Crippen molar-refractivity contribution in [3.8, 4) is 11.5 Å². The van der Waals surface area contributed by atoms with Gasteiger partial charge < -0.3 is 15.2 Å². The van der Waals surface area contributed by atoms with Gasteiger partial charge in [0, 0.05) is 31.2 Å². The predicted molar refractivity (Wildman–Crippen MR) is 67.4 cm³/mol. The average Bonchev–Trinajstić information content (AvgIpc) is 2.80. The van der Waals surface area contributed by atoms with Crippen LogP contribution in [0.5, 0.6) is 11.5 Å². The Hall–Kier alpha value is -1.26. The minimum atomic E-state index is 0.346. The van der Waals surface area contributed by atoms with Crippen LogP contribution >= 0.6 is 0 Å². The maximum Gasteiger partial charge on any atom is 0.120 e. The fourth-order valence-corrected chi connectivity index (χ4v) is 2.27. The van der Waals surface area contributed by atoms with Gasteiger partial charge in [0.15, 0.2) is 0 Å². The summed E-state index contributed by atoms with van der Waals surface area (Å²) in [4.78, 5) is 2.34. The summed E-state index contributed by atoms with van der Waals surface area (Å²) < 4.78 is 5.17. The van der Waals surface area contributed by atoms with Crippen LogP contribution in [0.1, 0.15) is 12.0 Å². The van der Waals surface area contributed by atoms with E-state index >= 15 is 0 Å². The fourth-order valence-electron chi connectivity index (χ4n) is 2.27. The van der Waals surface area contributed by atoms with E-state index in [1.165, 1.54) is 6.42 Å². The lowest BCUT2D eigenvalue weighted by atomic mass is 10.2. The number of methoxy groups -OCH3 is 1. The van der Waals surface area contributed by atoms with Gasteiger partial charge in [-0.3, -0.25) is 4.90 Å². The van der Waals surface area contributed by atoms with Crippen molar-refractivity contribution in [3.63, 3.8) is 0 Å². The molecule has 2 N–H and O–H groups in total. The molecule has 2 rings (SSSR count). The molecule has 1 aromatic carbocycles. The molecule has 1 atom stereocenters. The van der Waals surface area contributed by atoms with Crippen molar-refractivity contribution >= 4 is 0 Å². The molecular weight excluding hydrogens is 216 g/mol. The van der Waals surface area contributed by atoms with E-state index in [1.54, 1.807) is 19.2 Å². The van der Waals surface area contributed by atoms with Gasteiger partial charge in [-0.1, -0.05) is 0 Å². The number of nitrogens with zero attached hydrogens (tertiary/aromatic N) is 1. The molecule has 94 valence electrons. The van der Waals surface area contributed by atoms with Crippen molar-refractivity contribution in [2.75, 3.05) is 27.2 Å². The summed E-state index contributed by atoms with van der Waals surface area (Å²) in [6.45, 7) is 2.89. The molecule has 0 spiro atoms. The molecule has 4 heteroatoms. The minimum Gasteiger partial charge on any atom is -0.508 e. The molecule has 0 saturated carbocycles. The molecule has 17 heavy (non-hydrogen) atoms. The predicted octanol–water partition coefficient (Wildman–Crippen LogP) is 1.19. The van der Waals surface area contributed by atoms with Crippen molar-refractivity contribution in [2.24, 2.45) is 0 Å². The molecule has 1 unspecified atom stereocenters. The second-order valence-corrected chi connectivity index (χ2v) is 4.50. The Bertz CT molecular complexity index is 382. The quantitative estimate of drug-likeness (QED) is 0.824. The van der Waals surface area contributed by atoms with Crippen molar-refractivity contribution in [2.45, 2.75) is 19.0 Å². The van der Waals surface area contributed by atoms with E-state index in [1.807, 2.05) is 13.1 Å². The highest BCUT2D eigenvalue weighted by molar-refractivity contribution is 5.39. The van der Waals surface area contributed by atoms with Gasteiger partial charge in [0.25, 0.3) is 0 Å². The van der Waals surface area contributed by atoms with Gasteiger partial charge in [-0.15, -0.1) is 0 Å². The first kappa shape index (κ1) is 12.2. The Balaban J connectivity index is 2.03. The molecule has 1 saturated heterocycles. The third kappa shape index (κ3) is 2.90. The second kappa shape index (κ2) is 5.38. The van der Waals surface area contributed by atoms with E-state index in [2.05, 4.69) is 10.2 Å². The van der Waals surface area contributed by atoms with E-state index in [0.29, 0.717) is 11.8 Å². The fraction of sp³-hybridized carbons (Fsp3) is 0.538. The summed E-state index contributed by atoms with van der Waals surface area (Å²) in [5.74, 6) is 1.14. The second-order valence-electron chi connectivity index (χ2n) is 4.50. The van der Waals surface area contributed by atoms with Crippen LogP contribution in [0.3, 0.4) is 0 Å². The number of ether oxygens (including phenoxy) is 1. The average molecular weight is 236 g/mol. The lowest BCUT2D eigenvalue weighted by molar-refractivity contribution is 0.314. The van der Waals surface area contributed by atoms with Gasteiger partial charge >= 0.3 is 0 Å². The molecule has 4 nitrogen and oxygen atoms in total. The van der Waals surface area contributed by atoms with Crippen LogP contribution in [0.4, 0.5) is 0 Å². The highest BCUT2D eigenvalue weighted by Crippen LogP contribution is 2.25. The molecule has 1 fully saturated rings. The zero-order valence-electron chi connectivity index (χ0n) is 10.4. The first-order valence-corrected chi connectivity index (χ1v) is 5.98. The number of phenols is 1. The maximum absolute atomic E-state index is 9.82. The zero-order valence-corrected chi connectivity index (χ0v) is 10.4. The summed E-state index contributed by atoms with van der Waals surface area (Å²) in [6, 6.07) is 5.95. The number of likely N-dealkylation sites (N-methyl/N-ethyl adjacent to an activating group) is 1. The van der Waals surface area contributed by atoms with Gasteiger partial charge in [-0.2, -0.15) is 0 Å². The number of benzene rings is 1. The summed E-state index contributed by atoms with van der Waals surface area (Å²) in [5.41, 5.74) is 0.932. The SMILES string of the molecule is CNC1CCN(Cc2cc(OC)ccc2O)C1. The highest BCUT2D eigenvalue weighted by atomic mass is 16.5. The van der Waals surface area contributed by atoms with Gasteiger partial charge in [-0.25, -0.2) is 0 Å². The molecule has 0 aromatic heterocycles. The van der Waals surface area contributed by atoms with E-state index in [4.69, 9.17) is 4.74 Å². The van der Waals surface area contributed by atoms with Crippen LogP contribution in [-0.2, 0) is 6.54 Å². The largest absolute Gasteiger partial charge is 0.508 e. The Labute approximate surface area is 102 Å². The van der Waals surface area contributed by atoms with Crippen LogP contribution in [-0.4, -0.2) is 43.3 Å². The topological polar surface area (TPSA) is 44.7 Å². The summed E-state index contributed by atoms with van der Waals surface area (Å²) in [7, 11) is 3.64. The first-order valence-electron chi connectivity index (χ1n) is 5.98. The molecule has 0 bridgehead atoms. The Morgan fingerprint density at radius 2 is 2.35 bits per heavy atom. The van der Waals surface area contributed by atoms with E-state index in [0.717, 1.165) is 30.9 Å². The number of aromatic hydroxyl groups is 1. The van der Waals surface area contributed by atoms with Crippen molar-refractivity contribution in [1.29, 1.82) is 0 Å². The van der Waals surface area contributed by atoms with E-state index in [-0.39, 0.29) is 0 Å².